The van der Waals surface area contributed by atoms with Crippen LogP contribution in [0.4, 0.5) is 0 Å². The third-order valence-corrected chi connectivity index (χ3v) is 11.6. The fourth-order valence-corrected chi connectivity index (χ4v) is 9.28. The van der Waals surface area contributed by atoms with Gasteiger partial charge < -0.3 is 19.8 Å². The first-order chi connectivity index (χ1) is 16.8. The SMILES string of the molecule is C[C@]12CC[C@H]3[C@@H](CC=C4C[C@@H](OCCN5CCCC5)CC[C@@]43C)[C@@]1(O)CC[C@]2(O)c1ccccc1. The van der Waals surface area contributed by atoms with Crippen LogP contribution >= 0.6 is 0 Å². The van der Waals surface area contributed by atoms with Crippen LogP contribution in [0.3, 0.4) is 0 Å². The summed E-state index contributed by atoms with van der Waals surface area (Å²) in [6.45, 7) is 9.06. The Morgan fingerprint density at radius 3 is 2.49 bits per heavy atom. The molecule has 3 saturated carbocycles. The van der Waals surface area contributed by atoms with E-state index in [4.69, 9.17) is 4.74 Å². The van der Waals surface area contributed by atoms with Gasteiger partial charge in [-0.25, -0.2) is 0 Å². The molecular formula is C31H45NO3. The lowest BCUT2D eigenvalue weighted by Crippen LogP contribution is -2.63. The maximum absolute atomic E-state index is 12.4. The molecule has 0 aromatic heterocycles. The van der Waals surface area contributed by atoms with Crippen LogP contribution in [0.15, 0.2) is 42.0 Å². The summed E-state index contributed by atoms with van der Waals surface area (Å²) in [5, 5.41) is 24.5. The van der Waals surface area contributed by atoms with Crippen LogP contribution in [0.25, 0.3) is 0 Å². The lowest BCUT2D eigenvalue weighted by Gasteiger charge is -2.62. The number of ether oxygens (including phenoxy) is 1. The van der Waals surface area contributed by atoms with Crippen molar-refractivity contribution in [2.24, 2.45) is 22.7 Å². The van der Waals surface area contributed by atoms with Gasteiger partial charge >= 0.3 is 0 Å². The largest absolute Gasteiger partial charge is 0.389 e. The lowest BCUT2D eigenvalue weighted by atomic mass is 9.45. The van der Waals surface area contributed by atoms with E-state index in [0.717, 1.165) is 57.2 Å². The number of nitrogens with zero attached hydrogens (tertiary/aromatic N) is 1. The molecule has 5 aliphatic rings. The third-order valence-electron chi connectivity index (χ3n) is 11.6. The molecule has 4 fully saturated rings. The van der Waals surface area contributed by atoms with Gasteiger partial charge in [0.05, 0.1) is 23.9 Å². The first-order valence-corrected chi connectivity index (χ1v) is 14.3. The zero-order valence-corrected chi connectivity index (χ0v) is 21.8. The first kappa shape index (κ1) is 24.2. The van der Waals surface area contributed by atoms with Crippen molar-refractivity contribution in [3.05, 3.63) is 47.5 Å². The Morgan fingerprint density at radius 1 is 0.943 bits per heavy atom. The summed E-state index contributed by atoms with van der Waals surface area (Å²) < 4.78 is 6.39. The van der Waals surface area contributed by atoms with Crippen LogP contribution < -0.4 is 0 Å². The van der Waals surface area contributed by atoms with Gasteiger partial charge in [0, 0.05) is 12.0 Å². The molecule has 2 N–H and O–H groups in total. The topological polar surface area (TPSA) is 52.9 Å². The normalized spacial score (nSPS) is 45.5. The van der Waals surface area contributed by atoms with E-state index in [-0.39, 0.29) is 11.3 Å². The average Bonchev–Trinajstić information content (AvgIpc) is 3.46. The van der Waals surface area contributed by atoms with Crippen LogP contribution in [-0.4, -0.2) is 53.1 Å². The molecule has 0 amide bonds. The van der Waals surface area contributed by atoms with Crippen molar-refractivity contribution < 1.29 is 14.9 Å². The van der Waals surface area contributed by atoms with Crippen LogP contribution in [0.5, 0.6) is 0 Å². The highest BCUT2D eigenvalue weighted by Gasteiger charge is 2.71. The van der Waals surface area contributed by atoms with E-state index in [1.54, 1.807) is 5.57 Å². The molecule has 1 aromatic carbocycles. The molecule has 4 aliphatic carbocycles. The second kappa shape index (κ2) is 8.68. The van der Waals surface area contributed by atoms with Gasteiger partial charge in [0.1, 0.15) is 0 Å². The summed E-state index contributed by atoms with van der Waals surface area (Å²) in [6.07, 6.45) is 13.1. The van der Waals surface area contributed by atoms with Crippen molar-refractivity contribution in [3.63, 3.8) is 0 Å². The molecule has 35 heavy (non-hydrogen) atoms. The molecule has 0 unspecified atom stereocenters. The van der Waals surface area contributed by atoms with Gasteiger partial charge in [-0.2, -0.15) is 0 Å². The molecule has 0 radical (unpaired) electrons. The van der Waals surface area contributed by atoms with E-state index >= 15 is 0 Å². The van der Waals surface area contributed by atoms with Crippen molar-refractivity contribution in [2.75, 3.05) is 26.2 Å². The molecule has 0 bridgehead atoms. The minimum Gasteiger partial charge on any atom is -0.389 e. The van der Waals surface area contributed by atoms with E-state index in [0.29, 0.717) is 24.9 Å². The zero-order chi connectivity index (χ0) is 24.3. The number of rotatable bonds is 5. The summed E-state index contributed by atoms with van der Waals surface area (Å²) in [5.41, 5.74) is 0.415. The van der Waals surface area contributed by atoms with Crippen LogP contribution in [0.1, 0.15) is 83.6 Å². The van der Waals surface area contributed by atoms with Crippen molar-refractivity contribution in [2.45, 2.75) is 95.4 Å². The van der Waals surface area contributed by atoms with Gasteiger partial charge in [-0.3, -0.25) is 0 Å². The fraction of sp³-hybridized carbons (Fsp3) is 0.742. The number of hydrogen-bond donors (Lipinski definition) is 2. The molecule has 192 valence electrons. The smallest absolute Gasteiger partial charge is 0.0978 e. The van der Waals surface area contributed by atoms with Crippen molar-refractivity contribution in [1.82, 2.24) is 4.90 Å². The van der Waals surface area contributed by atoms with Crippen LogP contribution in [0, 0.1) is 22.7 Å². The minimum absolute atomic E-state index is 0.155. The maximum Gasteiger partial charge on any atom is 0.0978 e. The lowest BCUT2D eigenvalue weighted by molar-refractivity contribution is -0.218. The molecule has 1 saturated heterocycles. The van der Waals surface area contributed by atoms with Gasteiger partial charge in [-0.15, -0.1) is 0 Å². The predicted octanol–water partition coefficient (Wildman–Crippen LogP) is 5.43. The molecule has 7 atom stereocenters. The molecule has 4 nitrogen and oxygen atoms in total. The van der Waals surface area contributed by atoms with E-state index < -0.39 is 16.6 Å². The Labute approximate surface area is 211 Å². The molecular weight excluding hydrogens is 434 g/mol. The number of likely N-dealkylation sites (tertiary alicyclic amines) is 1. The Kier molecular flexibility index (Phi) is 5.99. The molecule has 4 heteroatoms. The molecule has 6 rings (SSSR count). The Balaban J connectivity index is 1.20. The number of aliphatic hydroxyl groups is 2. The molecule has 1 heterocycles. The second-order valence-electron chi connectivity index (χ2n) is 12.9. The van der Waals surface area contributed by atoms with Crippen molar-refractivity contribution in [3.8, 4) is 0 Å². The standard InChI is InChI=1S/C31H45NO3/c1-28-14-12-25(35-21-20-32-18-6-7-19-32)22-24(28)10-11-27-26(28)13-15-29(2)30(33,16-17-31(27,29)34)23-8-4-3-5-9-23/h3-5,8-10,25-27,33-34H,6-7,11-22H2,1-2H3/t25-,26-,27+,28-,29+,30-,31-/m0/s1. The number of benzene rings is 1. The fourth-order valence-electron chi connectivity index (χ4n) is 9.28. The van der Waals surface area contributed by atoms with Gasteiger partial charge in [0.25, 0.3) is 0 Å². The maximum atomic E-state index is 12.4. The Morgan fingerprint density at radius 2 is 1.71 bits per heavy atom. The van der Waals surface area contributed by atoms with E-state index in [2.05, 4.69) is 24.8 Å². The zero-order valence-electron chi connectivity index (χ0n) is 21.8. The highest BCUT2D eigenvalue weighted by Crippen LogP contribution is 2.70. The molecule has 1 aliphatic heterocycles. The molecule has 1 aromatic rings. The highest BCUT2D eigenvalue weighted by atomic mass is 16.5. The molecule has 0 spiro atoms. The monoisotopic (exact) mass is 479 g/mol. The number of hydrogen-bond acceptors (Lipinski definition) is 4. The van der Waals surface area contributed by atoms with Crippen molar-refractivity contribution >= 4 is 0 Å². The number of fused-ring (bicyclic) bond motifs is 5. The minimum atomic E-state index is -0.959. The predicted molar refractivity (Wildman–Crippen MR) is 139 cm³/mol. The van der Waals surface area contributed by atoms with Crippen molar-refractivity contribution in [1.29, 1.82) is 0 Å². The van der Waals surface area contributed by atoms with Gasteiger partial charge in [0.15, 0.2) is 0 Å². The summed E-state index contributed by atoms with van der Waals surface area (Å²) in [6, 6.07) is 10.1. The van der Waals surface area contributed by atoms with Crippen LogP contribution in [-0.2, 0) is 10.3 Å². The highest BCUT2D eigenvalue weighted by molar-refractivity contribution is 5.34. The summed E-state index contributed by atoms with van der Waals surface area (Å²) in [5.74, 6) is 0.713. The Bertz CT molecular complexity index is 957. The van der Waals surface area contributed by atoms with Gasteiger partial charge in [-0.05, 0) is 100 Å². The second-order valence-corrected chi connectivity index (χ2v) is 12.9. The summed E-state index contributed by atoms with van der Waals surface area (Å²) in [7, 11) is 0. The van der Waals surface area contributed by atoms with Gasteiger partial charge in [0.2, 0.25) is 0 Å². The summed E-state index contributed by atoms with van der Waals surface area (Å²) in [4.78, 5) is 2.54. The van der Waals surface area contributed by atoms with E-state index in [1.165, 1.54) is 25.9 Å². The van der Waals surface area contributed by atoms with Gasteiger partial charge in [-0.1, -0.05) is 55.8 Å². The average molecular weight is 480 g/mol. The summed E-state index contributed by atoms with van der Waals surface area (Å²) >= 11 is 0. The third kappa shape index (κ3) is 3.54. The Hall–Kier alpha value is -1.20. The first-order valence-electron chi connectivity index (χ1n) is 14.3. The number of allylic oxidation sites excluding steroid dienone is 1. The van der Waals surface area contributed by atoms with E-state index in [9.17, 15) is 10.2 Å². The van der Waals surface area contributed by atoms with E-state index in [1.807, 2.05) is 30.3 Å². The van der Waals surface area contributed by atoms with Crippen LogP contribution in [0.2, 0.25) is 0 Å². The quantitative estimate of drug-likeness (QED) is 0.553.